The molecule has 1 aliphatic heterocycles. The van der Waals surface area contributed by atoms with Gasteiger partial charge in [0.25, 0.3) is 0 Å². The normalized spacial score (nSPS) is 18.6. The van der Waals surface area contributed by atoms with Crippen LogP contribution in [0.1, 0.15) is 17.7 Å². The van der Waals surface area contributed by atoms with Crippen LogP contribution in [0.4, 0.5) is 0 Å². The maximum absolute atomic E-state index is 12.1. The molecule has 0 radical (unpaired) electrons. The summed E-state index contributed by atoms with van der Waals surface area (Å²) in [6.07, 6.45) is 1.59. The van der Waals surface area contributed by atoms with E-state index in [4.69, 9.17) is 4.74 Å². The van der Waals surface area contributed by atoms with Gasteiger partial charge in [-0.2, -0.15) is 0 Å². The van der Waals surface area contributed by atoms with Crippen LogP contribution in [0.25, 0.3) is 0 Å². The molecule has 1 unspecified atom stereocenters. The fourth-order valence-corrected chi connectivity index (χ4v) is 3.91. The lowest BCUT2D eigenvalue weighted by atomic mass is 10.2. The smallest absolute Gasteiger partial charge is 0.328 e. The number of amides is 1. The van der Waals surface area contributed by atoms with E-state index in [-0.39, 0.29) is 17.9 Å². The average molecular weight is 299 g/mol. The Morgan fingerprint density at radius 3 is 3.11 bits per heavy atom. The third-order valence-electron chi connectivity index (χ3n) is 3.10. The van der Waals surface area contributed by atoms with E-state index in [1.807, 2.05) is 11.4 Å². The van der Waals surface area contributed by atoms with E-state index in [0.717, 1.165) is 12.2 Å². The minimum atomic E-state index is -0.375. The number of carbonyl (C=O) groups is 2. The van der Waals surface area contributed by atoms with Gasteiger partial charge in [0.2, 0.25) is 5.91 Å². The minimum Gasteiger partial charge on any atom is -0.467 e. The van der Waals surface area contributed by atoms with Crippen molar-refractivity contribution in [2.24, 2.45) is 0 Å². The molecule has 1 fully saturated rings. The van der Waals surface area contributed by atoms with Crippen molar-refractivity contribution in [3.63, 3.8) is 0 Å². The standard InChI is InChI=1S/C13H17NO3S2/c1-17-13(16)11-5-2-6-14(11)12(15)9-18-8-10-4-3-7-19-10/h3-4,7,11H,2,5-6,8-9H2,1H3. The number of thiophene rings is 1. The lowest BCUT2D eigenvalue weighted by Crippen LogP contribution is -2.42. The second kappa shape index (κ2) is 6.96. The number of hydrogen-bond acceptors (Lipinski definition) is 5. The van der Waals surface area contributed by atoms with Crippen molar-refractivity contribution in [2.45, 2.75) is 24.6 Å². The molecule has 0 N–H and O–H groups in total. The van der Waals surface area contributed by atoms with Gasteiger partial charge < -0.3 is 9.64 Å². The number of methoxy groups -OCH3 is 1. The molecule has 2 rings (SSSR count). The maximum atomic E-state index is 12.1. The zero-order chi connectivity index (χ0) is 13.7. The van der Waals surface area contributed by atoms with E-state index in [9.17, 15) is 9.59 Å². The van der Waals surface area contributed by atoms with Crippen molar-refractivity contribution >= 4 is 35.0 Å². The number of esters is 1. The SMILES string of the molecule is COC(=O)C1CCCN1C(=O)CSCc1cccs1. The minimum absolute atomic E-state index is 0.0365. The average Bonchev–Trinajstić information content (AvgIpc) is 3.08. The maximum Gasteiger partial charge on any atom is 0.328 e. The number of thioether (sulfide) groups is 1. The van der Waals surface area contributed by atoms with Crippen molar-refractivity contribution < 1.29 is 14.3 Å². The zero-order valence-corrected chi connectivity index (χ0v) is 12.5. The molecule has 2 heterocycles. The Bertz CT molecular complexity index is 433. The van der Waals surface area contributed by atoms with Crippen LogP contribution in [0.5, 0.6) is 0 Å². The van der Waals surface area contributed by atoms with E-state index in [0.29, 0.717) is 18.7 Å². The summed E-state index contributed by atoms with van der Waals surface area (Å²) in [4.78, 5) is 26.6. The van der Waals surface area contributed by atoms with Crippen LogP contribution in [-0.2, 0) is 20.1 Å². The van der Waals surface area contributed by atoms with Gasteiger partial charge in [0.1, 0.15) is 6.04 Å². The van der Waals surface area contributed by atoms with E-state index in [1.54, 1.807) is 28.0 Å². The molecule has 0 bridgehead atoms. The highest BCUT2D eigenvalue weighted by Gasteiger charge is 2.34. The van der Waals surface area contributed by atoms with Crippen LogP contribution in [0.2, 0.25) is 0 Å². The fraction of sp³-hybridized carbons (Fsp3) is 0.538. The number of hydrogen-bond donors (Lipinski definition) is 0. The molecule has 4 nitrogen and oxygen atoms in total. The number of rotatable bonds is 5. The Morgan fingerprint density at radius 2 is 2.42 bits per heavy atom. The van der Waals surface area contributed by atoms with Crippen molar-refractivity contribution in [1.82, 2.24) is 4.90 Å². The summed E-state index contributed by atoms with van der Waals surface area (Å²) in [6, 6.07) is 3.70. The monoisotopic (exact) mass is 299 g/mol. The predicted octanol–water partition coefficient (Wildman–Crippen LogP) is 2.15. The molecule has 0 saturated carbocycles. The lowest BCUT2D eigenvalue weighted by Gasteiger charge is -2.22. The highest BCUT2D eigenvalue weighted by Crippen LogP contribution is 2.22. The molecule has 1 amide bonds. The first-order valence-corrected chi connectivity index (χ1v) is 8.23. The molecule has 1 aliphatic rings. The molecule has 6 heteroatoms. The fourth-order valence-electron chi connectivity index (χ4n) is 2.16. The van der Waals surface area contributed by atoms with Gasteiger partial charge in [-0.3, -0.25) is 4.79 Å². The first-order valence-electron chi connectivity index (χ1n) is 6.20. The summed E-state index contributed by atoms with van der Waals surface area (Å²) in [7, 11) is 1.37. The van der Waals surface area contributed by atoms with Gasteiger partial charge in [0.15, 0.2) is 0 Å². The summed E-state index contributed by atoms with van der Waals surface area (Å²) in [5.74, 6) is 1.01. The number of nitrogens with zero attached hydrogens (tertiary/aromatic N) is 1. The molecule has 19 heavy (non-hydrogen) atoms. The Balaban J connectivity index is 1.80. The van der Waals surface area contributed by atoms with Gasteiger partial charge in [-0.15, -0.1) is 23.1 Å². The summed E-state index contributed by atoms with van der Waals surface area (Å²) in [6.45, 7) is 0.665. The molecular formula is C13H17NO3S2. The van der Waals surface area contributed by atoms with Gasteiger partial charge in [-0.25, -0.2) is 4.79 Å². The van der Waals surface area contributed by atoms with Gasteiger partial charge >= 0.3 is 5.97 Å². The van der Waals surface area contributed by atoms with Crippen molar-refractivity contribution in [3.05, 3.63) is 22.4 Å². The molecule has 1 atom stereocenters. The van der Waals surface area contributed by atoms with Crippen molar-refractivity contribution in [3.8, 4) is 0 Å². The van der Waals surface area contributed by atoms with Crippen LogP contribution in [0.15, 0.2) is 17.5 Å². The van der Waals surface area contributed by atoms with Crippen LogP contribution < -0.4 is 0 Å². The zero-order valence-electron chi connectivity index (χ0n) is 10.8. The van der Waals surface area contributed by atoms with E-state index in [2.05, 4.69) is 6.07 Å². The van der Waals surface area contributed by atoms with E-state index < -0.39 is 0 Å². The highest BCUT2D eigenvalue weighted by molar-refractivity contribution is 7.99. The van der Waals surface area contributed by atoms with E-state index >= 15 is 0 Å². The molecule has 1 aromatic heterocycles. The largest absolute Gasteiger partial charge is 0.467 e. The Hall–Kier alpha value is -1.01. The van der Waals surface area contributed by atoms with Gasteiger partial charge in [-0.1, -0.05) is 6.07 Å². The topological polar surface area (TPSA) is 46.6 Å². The van der Waals surface area contributed by atoms with Gasteiger partial charge in [0, 0.05) is 17.2 Å². The molecule has 0 aromatic carbocycles. The summed E-state index contributed by atoms with van der Waals surface area (Å²) >= 11 is 3.29. The summed E-state index contributed by atoms with van der Waals surface area (Å²) in [5, 5.41) is 2.03. The molecule has 0 aliphatic carbocycles. The highest BCUT2D eigenvalue weighted by atomic mass is 32.2. The first kappa shape index (κ1) is 14.4. The molecule has 1 aromatic rings. The van der Waals surface area contributed by atoms with Crippen LogP contribution in [0.3, 0.4) is 0 Å². The number of ether oxygens (including phenoxy) is 1. The quantitative estimate of drug-likeness (QED) is 0.782. The van der Waals surface area contributed by atoms with Crippen LogP contribution in [-0.4, -0.2) is 42.2 Å². The number of carbonyl (C=O) groups excluding carboxylic acids is 2. The summed E-state index contributed by atoms with van der Waals surface area (Å²) in [5.41, 5.74) is 0. The Labute approximate surface area is 121 Å². The Kier molecular flexibility index (Phi) is 5.27. The van der Waals surface area contributed by atoms with Crippen LogP contribution in [0, 0.1) is 0 Å². The second-order valence-corrected chi connectivity index (χ2v) is 6.36. The van der Waals surface area contributed by atoms with Crippen molar-refractivity contribution in [2.75, 3.05) is 19.4 Å². The van der Waals surface area contributed by atoms with Crippen molar-refractivity contribution in [1.29, 1.82) is 0 Å². The first-order chi connectivity index (χ1) is 9.22. The second-order valence-electron chi connectivity index (χ2n) is 4.34. The number of likely N-dealkylation sites (tertiary alicyclic amines) is 1. The third-order valence-corrected chi connectivity index (χ3v) is 5.12. The third kappa shape index (κ3) is 3.73. The molecule has 1 saturated heterocycles. The molecule has 104 valence electrons. The van der Waals surface area contributed by atoms with E-state index in [1.165, 1.54) is 12.0 Å². The van der Waals surface area contributed by atoms with Crippen LogP contribution >= 0.6 is 23.1 Å². The Morgan fingerprint density at radius 1 is 1.58 bits per heavy atom. The molecular weight excluding hydrogens is 282 g/mol. The summed E-state index contributed by atoms with van der Waals surface area (Å²) < 4.78 is 4.74. The lowest BCUT2D eigenvalue weighted by molar-refractivity contribution is -0.150. The van der Waals surface area contributed by atoms with Gasteiger partial charge in [0.05, 0.1) is 12.9 Å². The van der Waals surface area contributed by atoms with Gasteiger partial charge in [-0.05, 0) is 24.3 Å². The molecule has 0 spiro atoms. The predicted molar refractivity (Wildman–Crippen MR) is 77.2 cm³/mol.